The van der Waals surface area contributed by atoms with Crippen LogP contribution in [0.4, 0.5) is 5.69 Å². The van der Waals surface area contributed by atoms with Gasteiger partial charge in [-0.05, 0) is 37.5 Å². The summed E-state index contributed by atoms with van der Waals surface area (Å²) in [6.45, 7) is 7.66. The van der Waals surface area contributed by atoms with Crippen LogP contribution in [-0.4, -0.2) is 38.4 Å². The van der Waals surface area contributed by atoms with Crippen molar-refractivity contribution in [3.63, 3.8) is 0 Å². The molecule has 1 saturated heterocycles. The lowest BCUT2D eigenvalue weighted by atomic mass is 10.0. The van der Waals surface area contributed by atoms with Gasteiger partial charge in [0.15, 0.2) is 0 Å². The fraction of sp³-hybridized carbons (Fsp3) is 0.364. The lowest BCUT2D eigenvalue weighted by molar-refractivity contribution is 0.131. The first-order chi connectivity index (χ1) is 13.5. The van der Waals surface area contributed by atoms with Gasteiger partial charge in [-0.2, -0.15) is 4.31 Å². The summed E-state index contributed by atoms with van der Waals surface area (Å²) in [7, 11) is -3.74. The van der Waals surface area contributed by atoms with E-state index in [1.165, 1.54) is 4.31 Å². The van der Waals surface area contributed by atoms with E-state index in [2.05, 4.69) is 11.5 Å². The van der Waals surface area contributed by atoms with Crippen LogP contribution in [-0.2, 0) is 10.0 Å². The van der Waals surface area contributed by atoms with Crippen molar-refractivity contribution in [3.05, 3.63) is 66.7 Å². The van der Waals surface area contributed by atoms with Crippen molar-refractivity contribution in [2.45, 2.75) is 36.8 Å². The first kappa shape index (κ1) is 19.0. The molecule has 2 heterocycles. The number of hydrogen-bond acceptors (Lipinski definition) is 4. The molecule has 0 spiro atoms. The summed E-state index contributed by atoms with van der Waals surface area (Å²) in [6, 6.07) is 15.0. The Kier molecular flexibility index (Phi) is 5.17. The number of fused-ring (bicyclic) bond motifs is 1. The largest absolute Gasteiger partial charge is 0.483 e. The lowest BCUT2D eigenvalue weighted by Crippen LogP contribution is -2.41. The van der Waals surface area contributed by atoms with E-state index >= 15 is 0 Å². The molecule has 4 rings (SSSR count). The third-order valence-electron chi connectivity index (χ3n) is 5.56. The summed E-state index contributed by atoms with van der Waals surface area (Å²) in [4.78, 5) is 2.43. The standard InChI is InChI=1S/C22H26N2O3S/c1-3-14-24-17(2)21(18-10-5-4-6-11-18)27-20-13-9-12-19(22(20)28(24,25)26)23-15-7-8-16-23/h3-6,9-13,17,21H,1,7-8,14-16H2,2H3/t17-,21+/m0/s1. The van der Waals surface area contributed by atoms with Crippen molar-refractivity contribution in [1.29, 1.82) is 0 Å². The zero-order valence-electron chi connectivity index (χ0n) is 16.1. The maximum atomic E-state index is 13.8. The zero-order chi connectivity index (χ0) is 19.7. The molecule has 148 valence electrons. The van der Waals surface area contributed by atoms with E-state index in [1.54, 1.807) is 12.1 Å². The average Bonchev–Trinajstić information content (AvgIpc) is 3.22. The predicted octanol–water partition coefficient (Wildman–Crippen LogP) is 3.99. The molecule has 0 radical (unpaired) electrons. The van der Waals surface area contributed by atoms with Gasteiger partial charge < -0.3 is 9.64 Å². The van der Waals surface area contributed by atoms with E-state index in [0.717, 1.165) is 37.2 Å². The Hall–Kier alpha value is -2.31. The van der Waals surface area contributed by atoms with E-state index in [4.69, 9.17) is 4.74 Å². The third-order valence-corrected chi connectivity index (χ3v) is 7.58. The van der Waals surface area contributed by atoms with Crippen LogP contribution in [0.2, 0.25) is 0 Å². The lowest BCUT2D eigenvalue weighted by Gasteiger charge is -2.30. The number of anilines is 1. The molecular formula is C22H26N2O3S. The summed E-state index contributed by atoms with van der Waals surface area (Å²) >= 11 is 0. The number of nitrogens with zero attached hydrogens (tertiary/aromatic N) is 2. The molecule has 0 saturated carbocycles. The Morgan fingerprint density at radius 2 is 1.82 bits per heavy atom. The van der Waals surface area contributed by atoms with Crippen LogP contribution >= 0.6 is 0 Å². The smallest absolute Gasteiger partial charge is 0.249 e. The molecule has 0 aliphatic carbocycles. The summed E-state index contributed by atoms with van der Waals surface area (Å²) in [5.74, 6) is 0.427. The first-order valence-electron chi connectivity index (χ1n) is 9.76. The Balaban J connectivity index is 1.90. The topological polar surface area (TPSA) is 49.9 Å². The van der Waals surface area contributed by atoms with Crippen molar-refractivity contribution >= 4 is 15.7 Å². The van der Waals surface area contributed by atoms with Crippen molar-refractivity contribution in [1.82, 2.24) is 4.31 Å². The second-order valence-electron chi connectivity index (χ2n) is 7.35. The second kappa shape index (κ2) is 7.60. The van der Waals surface area contributed by atoms with Crippen LogP contribution in [0.25, 0.3) is 0 Å². The molecule has 2 aliphatic rings. The van der Waals surface area contributed by atoms with Gasteiger partial charge in [-0.15, -0.1) is 6.58 Å². The zero-order valence-corrected chi connectivity index (χ0v) is 16.9. The summed E-state index contributed by atoms with van der Waals surface area (Å²) in [5.41, 5.74) is 1.70. The Labute approximate surface area is 167 Å². The molecule has 5 nitrogen and oxygen atoms in total. The minimum Gasteiger partial charge on any atom is -0.483 e. The first-order valence-corrected chi connectivity index (χ1v) is 11.2. The molecule has 2 aliphatic heterocycles. The normalized spacial score (nSPS) is 24.2. The molecular weight excluding hydrogens is 372 g/mol. The van der Waals surface area contributed by atoms with Crippen molar-refractivity contribution < 1.29 is 13.2 Å². The number of rotatable bonds is 4. The third kappa shape index (κ3) is 3.20. The van der Waals surface area contributed by atoms with Gasteiger partial charge in [0.1, 0.15) is 16.7 Å². The molecule has 0 N–H and O–H groups in total. The van der Waals surface area contributed by atoms with Crippen molar-refractivity contribution in [3.8, 4) is 5.75 Å². The number of hydrogen-bond donors (Lipinski definition) is 0. The van der Waals surface area contributed by atoms with Crippen LogP contribution in [0.3, 0.4) is 0 Å². The Bertz CT molecular complexity index is 953. The van der Waals surface area contributed by atoms with Crippen molar-refractivity contribution in [2.75, 3.05) is 24.5 Å². The van der Waals surface area contributed by atoms with Crippen molar-refractivity contribution in [2.24, 2.45) is 0 Å². The van der Waals surface area contributed by atoms with Gasteiger partial charge in [0.25, 0.3) is 0 Å². The van der Waals surface area contributed by atoms with Gasteiger partial charge in [-0.3, -0.25) is 0 Å². The second-order valence-corrected chi connectivity index (χ2v) is 9.18. The summed E-state index contributed by atoms with van der Waals surface area (Å²) in [5, 5.41) is 0. The van der Waals surface area contributed by atoms with Crippen LogP contribution < -0.4 is 9.64 Å². The van der Waals surface area contributed by atoms with Gasteiger partial charge in [0.2, 0.25) is 10.0 Å². The molecule has 2 aromatic rings. The van der Waals surface area contributed by atoms with Gasteiger partial charge in [0, 0.05) is 19.6 Å². The molecule has 0 unspecified atom stereocenters. The molecule has 2 aromatic carbocycles. The molecule has 0 aromatic heterocycles. The van der Waals surface area contributed by atoms with E-state index in [1.807, 2.05) is 49.4 Å². The minimum atomic E-state index is -3.74. The summed E-state index contributed by atoms with van der Waals surface area (Å²) < 4.78 is 35.4. The SMILES string of the molecule is C=CCN1[C@@H](C)[C@H](c2ccccc2)Oc2cccc(N3CCCC3)c2S1(=O)=O. The number of benzene rings is 2. The highest BCUT2D eigenvalue weighted by molar-refractivity contribution is 7.89. The van der Waals surface area contributed by atoms with Crippen LogP contribution in [0.1, 0.15) is 31.4 Å². The van der Waals surface area contributed by atoms with Gasteiger partial charge in [-0.25, -0.2) is 8.42 Å². The Morgan fingerprint density at radius 3 is 2.50 bits per heavy atom. The highest BCUT2D eigenvalue weighted by Crippen LogP contribution is 2.44. The van der Waals surface area contributed by atoms with E-state index < -0.39 is 16.1 Å². The fourth-order valence-electron chi connectivity index (χ4n) is 4.17. The van der Waals surface area contributed by atoms with Gasteiger partial charge >= 0.3 is 0 Å². The van der Waals surface area contributed by atoms with E-state index in [-0.39, 0.29) is 17.5 Å². The molecule has 0 amide bonds. The molecule has 28 heavy (non-hydrogen) atoms. The highest BCUT2D eigenvalue weighted by atomic mass is 32.2. The predicted molar refractivity (Wildman–Crippen MR) is 111 cm³/mol. The minimum absolute atomic E-state index is 0.240. The summed E-state index contributed by atoms with van der Waals surface area (Å²) in [6.07, 6.45) is 3.39. The highest BCUT2D eigenvalue weighted by Gasteiger charge is 2.42. The Morgan fingerprint density at radius 1 is 1.11 bits per heavy atom. The van der Waals surface area contributed by atoms with Crippen LogP contribution in [0, 0.1) is 0 Å². The van der Waals surface area contributed by atoms with Gasteiger partial charge in [0.05, 0.1) is 11.7 Å². The average molecular weight is 399 g/mol. The van der Waals surface area contributed by atoms with E-state index in [9.17, 15) is 8.42 Å². The molecule has 2 atom stereocenters. The monoisotopic (exact) mass is 398 g/mol. The maximum absolute atomic E-state index is 13.8. The van der Waals surface area contributed by atoms with Crippen LogP contribution in [0.15, 0.2) is 66.1 Å². The maximum Gasteiger partial charge on any atom is 0.249 e. The quantitative estimate of drug-likeness (QED) is 0.731. The van der Waals surface area contributed by atoms with Gasteiger partial charge in [-0.1, -0.05) is 42.5 Å². The molecule has 0 bridgehead atoms. The molecule has 6 heteroatoms. The number of sulfonamides is 1. The fourth-order valence-corrected chi connectivity index (χ4v) is 6.08. The number of ether oxygens (including phenoxy) is 1. The van der Waals surface area contributed by atoms with Crippen LogP contribution in [0.5, 0.6) is 5.75 Å². The van der Waals surface area contributed by atoms with E-state index in [0.29, 0.717) is 5.75 Å². The molecule has 1 fully saturated rings.